The number of nitrogen functional groups attached to an aromatic ring is 2. The number of aliphatic hydroxyl groups is 2. The van der Waals surface area contributed by atoms with Gasteiger partial charge in [0.15, 0.2) is 11.5 Å². The molecule has 0 aliphatic carbocycles. The Morgan fingerprint density at radius 2 is 1.48 bits per heavy atom. The number of ether oxygens (including phenoxy) is 4. The van der Waals surface area contributed by atoms with Gasteiger partial charge in [-0.1, -0.05) is 27.7 Å². The third-order valence-corrected chi connectivity index (χ3v) is 8.18. The van der Waals surface area contributed by atoms with Crippen LogP contribution in [0.4, 0.5) is 17.5 Å². The molecule has 0 saturated heterocycles. The SMILES string of the molecule is CCOC(=O)C(CC(C)C)NP(=O)(N[C@H](CC(C)C)C(=O)OCC)OCC(OC)C(O)C(O)CC=Nc1c(N)nc(N)nc1OC. The highest BCUT2D eigenvalue weighted by Crippen LogP contribution is 2.41. The molecule has 1 aromatic rings. The quantitative estimate of drug-likeness (QED) is 0.0580. The molecule has 0 saturated carbocycles. The largest absolute Gasteiger partial charge is 0.479 e. The summed E-state index contributed by atoms with van der Waals surface area (Å²) in [6, 6.07) is -2.12. The fraction of sp³-hybridized carbons (Fsp3) is 0.750. The normalized spacial score (nSPS) is 16.5. The van der Waals surface area contributed by atoms with E-state index < -0.39 is 56.6 Å². The van der Waals surface area contributed by atoms with E-state index in [-0.39, 0.29) is 67.6 Å². The third-order valence-electron chi connectivity index (χ3n) is 6.36. The van der Waals surface area contributed by atoms with Crippen molar-refractivity contribution < 1.29 is 47.8 Å². The number of carbonyl (C=O) groups excluding carboxylic acids is 2. The molecule has 0 radical (unpaired) electrons. The van der Waals surface area contributed by atoms with Crippen LogP contribution in [0.15, 0.2) is 4.99 Å². The highest BCUT2D eigenvalue weighted by molar-refractivity contribution is 7.54. The molecular weight excluding hydrogens is 625 g/mol. The molecule has 264 valence electrons. The number of rotatable bonds is 22. The van der Waals surface area contributed by atoms with Crippen LogP contribution >= 0.6 is 7.67 Å². The average molecular weight is 678 g/mol. The lowest BCUT2D eigenvalue weighted by Gasteiger charge is -2.31. The molecule has 0 spiro atoms. The predicted octanol–water partition coefficient (Wildman–Crippen LogP) is 1.74. The number of carbonyl (C=O) groups is 2. The first-order chi connectivity index (χ1) is 21.6. The summed E-state index contributed by atoms with van der Waals surface area (Å²) in [5.74, 6) is -1.46. The number of esters is 2. The van der Waals surface area contributed by atoms with E-state index >= 15 is 0 Å². The van der Waals surface area contributed by atoms with E-state index in [9.17, 15) is 24.4 Å². The van der Waals surface area contributed by atoms with Gasteiger partial charge in [-0.15, -0.1) is 0 Å². The number of nitrogens with zero attached hydrogens (tertiary/aromatic N) is 3. The lowest BCUT2D eigenvalue weighted by atomic mass is 10.1. The summed E-state index contributed by atoms with van der Waals surface area (Å²) in [4.78, 5) is 37.5. The first-order valence-electron chi connectivity index (χ1n) is 15.1. The first kappa shape index (κ1) is 41.1. The van der Waals surface area contributed by atoms with E-state index in [4.69, 9.17) is 34.9 Å². The van der Waals surface area contributed by atoms with Gasteiger partial charge < -0.3 is 45.2 Å². The highest BCUT2D eigenvalue weighted by atomic mass is 31.2. The zero-order valence-electron chi connectivity index (χ0n) is 28.0. The highest BCUT2D eigenvalue weighted by Gasteiger charge is 2.38. The minimum Gasteiger partial charge on any atom is -0.479 e. The van der Waals surface area contributed by atoms with Gasteiger partial charge in [0.25, 0.3) is 0 Å². The van der Waals surface area contributed by atoms with E-state index in [1.165, 1.54) is 20.4 Å². The van der Waals surface area contributed by atoms with Gasteiger partial charge in [-0.25, -0.2) is 10.2 Å². The van der Waals surface area contributed by atoms with E-state index in [0.717, 1.165) is 0 Å². The Morgan fingerprint density at radius 3 is 1.91 bits per heavy atom. The number of aromatic nitrogens is 2. The minimum atomic E-state index is -4.27. The molecule has 6 atom stereocenters. The van der Waals surface area contributed by atoms with Crippen molar-refractivity contribution in [3.8, 4) is 5.88 Å². The summed E-state index contributed by atoms with van der Waals surface area (Å²) in [6.45, 7) is 10.5. The average Bonchev–Trinajstić information content (AvgIpc) is 2.97. The van der Waals surface area contributed by atoms with Crippen molar-refractivity contribution in [2.75, 3.05) is 45.5 Å². The molecule has 5 unspecified atom stereocenters. The van der Waals surface area contributed by atoms with Crippen LogP contribution in [0, 0.1) is 11.8 Å². The third kappa shape index (κ3) is 13.8. The van der Waals surface area contributed by atoms with Crippen molar-refractivity contribution in [3.05, 3.63) is 0 Å². The molecule has 1 aromatic heterocycles. The van der Waals surface area contributed by atoms with Crippen LogP contribution in [0.5, 0.6) is 5.88 Å². The molecule has 0 fully saturated rings. The number of nitrogens with two attached hydrogens (primary N) is 2. The van der Waals surface area contributed by atoms with Crippen molar-refractivity contribution >= 4 is 43.3 Å². The number of anilines is 2. The maximum Gasteiger partial charge on any atom is 0.342 e. The van der Waals surface area contributed by atoms with Crippen molar-refractivity contribution in [1.82, 2.24) is 20.1 Å². The summed E-state index contributed by atoms with van der Waals surface area (Å²) in [5, 5.41) is 27.1. The van der Waals surface area contributed by atoms with Crippen LogP contribution in [-0.4, -0.2) is 103 Å². The predicted molar refractivity (Wildman–Crippen MR) is 173 cm³/mol. The van der Waals surface area contributed by atoms with E-state index in [1.807, 2.05) is 27.7 Å². The van der Waals surface area contributed by atoms with E-state index in [0.29, 0.717) is 0 Å². The molecule has 0 amide bonds. The second-order valence-corrected chi connectivity index (χ2v) is 13.1. The standard InChI is InChI=1S/C28H52N7O10P/c1-9-43-26(38)18(13-16(3)4)34-46(40,35-19(14-17(5)6)27(39)44-10-2)45-15-21(41-7)23(37)20(36)11-12-31-22-24(29)32-28(30)33-25(22)42-8/h12,16-21,23,36-37H,9-11,13-15H2,1-8H3,(H2,34,35,40)(H4,29,30,32,33)/t18-,19?,20?,21?,23?,46?/m1/s1. The van der Waals surface area contributed by atoms with Crippen molar-refractivity contribution in [3.63, 3.8) is 0 Å². The summed E-state index contributed by atoms with van der Waals surface area (Å²) >= 11 is 0. The Labute approximate surface area is 270 Å². The van der Waals surface area contributed by atoms with Crippen LogP contribution in [0.3, 0.4) is 0 Å². The minimum absolute atomic E-state index is 0.00708. The molecule has 0 aliphatic heterocycles. The van der Waals surface area contributed by atoms with Crippen molar-refractivity contribution in [2.24, 2.45) is 16.8 Å². The van der Waals surface area contributed by atoms with Gasteiger partial charge in [-0.3, -0.25) is 19.1 Å². The molecule has 17 nitrogen and oxygen atoms in total. The first-order valence-corrected chi connectivity index (χ1v) is 16.7. The molecule has 18 heteroatoms. The van der Waals surface area contributed by atoms with Crippen molar-refractivity contribution in [2.45, 2.75) is 91.2 Å². The summed E-state index contributed by atoms with van der Waals surface area (Å²) in [7, 11) is -1.66. The Kier molecular flexibility index (Phi) is 18.2. The second kappa shape index (κ2) is 20.3. The molecule has 46 heavy (non-hydrogen) atoms. The number of nitrogens with one attached hydrogen (secondary N) is 2. The van der Waals surface area contributed by atoms with E-state index in [1.54, 1.807) is 13.8 Å². The van der Waals surface area contributed by atoms with Gasteiger partial charge in [0.1, 0.15) is 24.3 Å². The van der Waals surface area contributed by atoms with E-state index in [2.05, 4.69) is 25.1 Å². The zero-order valence-corrected chi connectivity index (χ0v) is 28.9. The Balaban J connectivity index is 3.24. The number of aliphatic imine (C=N–C) groups is 1. The lowest BCUT2D eigenvalue weighted by molar-refractivity contribution is -0.146. The van der Waals surface area contributed by atoms with Gasteiger partial charge in [-0.2, -0.15) is 9.97 Å². The fourth-order valence-corrected chi connectivity index (χ4v) is 6.03. The monoisotopic (exact) mass is 677 g/mol. The molecule has 8 N–H and O–H groups in total. The van der Waals surface area contributed by atoms with Crippen LogP contribution in [0.2, 0.25) is 0 Å². The number of hydrogen-bond acceptors (Lipinski definition) is 15. The molecule has 1 rings (SSSR count). The fourth-order valence-electron chi connectivity index (χ4n) is 4.21. The number of methoxy groups -OCH3 is 2. The van der Waals surface area contributed by atoms with Gasteiger partial charge in [0, 0.05) is 19.7 Å². The molecule has 0 aromatic carbocycles. The van der Waals surface area contributed by atoms with Crippen LogP contribution in [-0.2, 0) is 32.9 Å². The van der Waals surface area contributed by atoms with Gasteiger partial charge >= 0.3 is 19.6 Å². The maximum absolute atomic E-state index is 14.3. The Morgan fingerprint density at radius 1 is 0.957 bits per heavy atom. The van der Waals surface area contributed by atoms with Crippen LogP contribution < -0.4 is 26.4 Å². The summed E-state index contributed by atoms with van der Waals surface area (Å²) < 4.78 is 41.0. The molecule has 1 heterocycles. The topological polar surface area (TPSA) is 252 Å². The number of hydrogen-bond donors (Lipinski definition) is 6. The number of aliphatic hydroxyl groups excluding tert-OH is 2. The van der Waals surface area contributed by atoms with Gasteiger partial charge in [-0.05, 0) is 38.5 Å². The molecule has 0 aliphatic rings. The molecular formula is C28H52N7O10P. The zero-order chi connectivity index (χ0) is 35.0. The van der Waals surface area contributed by atoms with Crippen molar-refractivity contribution in [1.29, 1.82) is 0 Å². The van der Waals surface area contributed by atoms with Crippen LogP contribution in [0.25, 0.3) is 0 Å². The van der Waals surface area contributed by atoms with Crippen LogP contribution in [0.1, 0.15) is 60.8 Å². The summed E-state index contributed by atoms with van der Waals surface area (Å²) in [5.41, 5.74) is 11.5. The Bertz CT molecular complexity index is 1140. The van der Waals surface area contributed by atoms with Gasteiger partial charge in [0.2, 0.25) is 11.8 Å². The Hall–Kier alpha value is -2.92. The summed E-state index contributed by atoms with van der Waals surface area (Å²) in [6.07, 6.45) is -2.62. The smallest absolute Gasteiger partial charge is 0.342 e. The molecule has 0 bridgehead atoms. The van der Waals surface area contributed by atoms with Gasteiger partial charge in [0.05, 0.1) is 33.0 Å². The maximum atomic E-state index is 14.3. The lowest BCUT2D eigenvalue weighted by Crippen LogP contribution is -2.47. The second-order valence-electron chi connectivity index (χ2n) is 11.2.